The summed E-state index contributed by atoms with van der Waals surface area (Å²) in [5.41, 5.74) is 34.9. The maximum Gasteiger partial charge on any atom is 0.0541 e. The molecule has 0 saturated carbocycles. The highest BCUT2D eigenvalue weighted by atomic mass is 15.0. The van der Waals surface area contributed by atoms with Crippen molar-refractivity contribution in [3.8, 4) is 72.9 Å². The van der Waals surface area contributed by atoms with E-state index < -0.39 is 0 Å². The Morgan fingerprint density at radius 2 is 0.306 bits per heavy atom. The molecule has 24 aromatic rings. The van der Waals surface area contributed by atoms with Crippen molar-refractivity contribution in [2.75, 3.05) is 0 Å². The molecule has 0 N–H and O–H groups in total. The highest BCUT2D eigenvalue weighted by molar-refractivity contribution is 6.15. The monoisotopic (exact) mass is 1590 g/mol. The first-order chi connectivity index (χ1) is 61.1. The summed E-state index contributed by atoms with van der Waals surface area (Å²) in [6.45, 7) is 10.7. The van der Waals surface area contributed by atoms with E-state index in [1.54, 1.807) is 0 Å². The maximum absolute atomic E-state index is 2.38. The topological polar surface area (TPSA) is 24.6 Å². The van der Waals surface area contributed by atoms with E-state index in [-0.39, 0.29) is 0 Å². The van der Waals surface area contributed by atoms with Crippen LogP contribution in [0.15, 0.2) is 461 Å². The average molecular weight is 1590 g/mol. The van der Waals surface area contributed by atoms with Crippen LogP contribution in [0.3, 0.4) is 0 Å². The molecule has 5 heterocycles. The van der Waals surface area contributed by atoms with Crippen molar-refractivity contribution < 1.29 is 0 Å². The molecule has 24 rings (SSSR count). The summed E-state index contributed by atoms with van der Waals surface area (Å²) in [7, 11) is 0. The molecule has 5 heteroatoms. The van der Waals surface area contributed by atoms with Crippen molar-refractivity contribution in [3.05, 3.63) is 489 Å². The summed E-state index contributed by atoms with van der Waals surface area (Å²) in [6.07, 6.45) is 0. The molecule has 0 atom stereocenters. The fraction of sp³-hybridized carbons (Fsp3) is 0.0420. The average Bonchev–Trinajstić information content (AvgIpc) is 1.60. The third-order valence-corrected chi connectivity index (χ3v) is 24.1. The summed E-state index contributed by atoms with van der Waals surface area (Å²) in [5.74, 6) is 0. The lowest BCUT2D eigenvalue weighted by atomic mass is 10.0. The van der Waals surface area contributed by atoms with Gasteiger partial charge >= 0.3 is 0 Å². The zero-order chi connectivity index (χ0) is 83.6. The van der Waals surface area contributed by atoms with Crippen molar-refractivity contribution in [1.29, 1.82) is 0 Å². The lowest BCUT2D eigenvalue weighted by Gasteiger charge is -2.09. The van der Waals surface area contributed by atoms with Gasteiger partial charge in [0.1, 0.15) is 0 Å². The molecule has 5 nitrogen and oxygen atoms in total. The Morgan fingerprint density at radius 1 is 0.113 bits per heavy atom. The molecule has 19 aromatic carbocycles. The van der Waals surface area contributed by atoms with E-state index >= 15 is 0 Å². The van der Waals surface area contributed by atoms with Crippen LogP contribution < -0.4 is 0 Å². The molecule has 0 aliphatic heterocycles. The summed E-state index contributed by atoms with van der Waals surface area (Å²) >= 11 is 0. The van der Waals surface area contributed by atoms with Gasteiger partial charge in [-0.15, -0.1) is 0 Å². The van der Waals surface area contributed by atoms with Gasteiger partial charge in [0.05, 0.1) is 55.2 Å². The van der Waals surface area contributed by atoms with Crippen LogP contribution in [0.2, 0.25) is 0 Å². The van der Waals surface area contributed by atoms with E-state index in [0.29, 0.717) is 0 Å². The molecular weight excluding hydrogens is 1500 g/mol. The van der Waals surface area contributed by atoms with Gasteiger partial charge in [-0.3, -0.25) is 0 Å². The second-order valence-electron chi connectivity index (χ2n) is 32.4. The van der Waals surface area contributed by atoms with Gasteiger partial charge in [-0.2, -0.15) is 0 Å². The number of para-hydroxylation sites is 6. The molecule has 592 valence electrons. The van der Waals surface area contributed by atoms with Gasteiger partial charge in [-0.25, -0.2) is 0 Å². The lowest BCUT2D eigenvalue weighted by Crippen LogP contribution is -1.93. The fourth-order valence-corrected chi connectivity index (χ4v) is 18.1. The van der Waals surface area contributed by atoms with Gasteiger partial charge in [-0.05, 0) is 236 Å². The molecule has 124 heavy (non-hydrogen) atoms. The van der Waals surface area contributed by atoms with E-state index in [4.69, 9.17) is 0 Å². The number of benzene rings is 19. The van der Waals surface area contributed by atoms with E-state index in [2.05, 4.69) is 518 Å². The van der Waals surface area contributed by atoms with Crippen molar-refractivity contribution in [2.24, 2.45) is 0 Å². The van der Waals surface area contributed by atoms with Crippen LogP contribution in [0.5, 0.6) is 0 Å². The van der Waals surface area contributed by atoms with Crippen LogP contribution in [-0.2, 0) is 0 Å². The van der Waals surface area contributed by atoms with Crippen LogP contribution in [0.4, 0.5) is 0 Å². The Labute approximate surface area is 723 Å². The molecular formula is C119H91N5. The minimum absolute atomic E-state index is 1.19. The summed E-state index contributed by atoms with van der Waals surface area (Å²) in [6, 6.07) is 165. The Bertz CT molecular complexity index is 7780. The number of hydrogen-bond donors (Lipinski definition) is 0. The standard InChI is InChI=1S/C31H23N.2C25H19N.2C19H15N/c1-22-12-16-27(17-13-22)32-30-18-14-25(23-8-4-2-5-9-23)20-28(30)29-21-26(15-19-31(29)32)24-10-6-3-7-11-24;1-18-8-7-11-21(16-18)26-24-13-6-5-12-22(24)23-17-20(14-15-25(23)26)19-9-3-2-4-10-19;1-18-11-14-21(15-12-18)26-24-10-6-5-9-22(24)23-17-20(13-16-25(23)26)19-7-3-2-4-8-19;1-14-7-6-8-15(13-14)20-18-11-4-2-9-16(18)17-10-3-5-12-19(17)20;1-14-10-12-15(13-11-14)20-18-8-4-2-6-16(18)17-7-3-5-9-19(17)20/h2-21H,1H3;2*2-17H,1H3;2*2-13H,1H3. The zero-order valence-corrected chi connectivity index (χ0v) is 70.1. The molecule has 0 bridgehead atoms. The highest BCUT2D eigenvalue weighted by Gasteiger charge is 2.20. The minimum atomic E-state index is 1.19. The van der Waals surface area contributed by atoms with Gasteiger partial charge in [0.15, 0.2) is 0 Å². The smallest absolute Gasteiger partial charge is 0.0541 e. The molecule has 0 unspecified atom stereocenters. The predicted molar refractivity (Wildman–Crippen MR) is 529 cm³/mol. The summed E-state index contributed by atoms with van der Waals surface area (Å²) < 4.78 is 11.8. The molecule has 0 aliphatic carbocycles. The highest BCUT2D eigenvalue weighted by Crippen LogP contribution is 2.42. The molecule has 0 fully saturated rings. The van der Waals surface area contributed by atoms with Gasteiger partial charge < -0.3 is 22.8 Å². The van der Waals surface area contributed by atoms with Gasteiger partial charge in [0.25, 0.3) is 0 Å². The molecule has 0 saturated heterocycles. The Morgan fingerprint density at radius 3 is 0.540 bits per heavy atom. The van der Waals surface area contributed by atoms with Crippen LogP contribution in [-0.4, -0.2) is 22.8 Å². The summed E-state index contributed by atoms with van der Waals surface area (Å²) in [5, 5.41) is 13.0. The number of nitrogens with zero attached hydrogens (tertiary/aromatic N) is 5. The summed E-state index contributed by atoms with van der Waals surface area (Å²) in [4.78, 5) is 0. The van der Waals surface area contributed by atoms with Gasteiger partial charge in [0, 0.05) is 82.3 Å². The first-order valence-corrected chi connectivity index (χ1v) is 42.8. The first kappa shape index (κ1) is 76.8. The molecule has 0 aliphatic rings. The van der Waals surface area contributed by atoms with E-state index in [1.165, 1.54) is 210 Å². The third-order valence-electron chi connectivity index (χ3n) is 24.1. The molecule has 0 radical (unpaired) electrons. The maximum atomic E-state index is 2.38. The normalized spacial score (nSPS) is 11.3. The number of fused-ring (bicyclic) bond motifs is 15. The van der Waals surface area contributed by atoms with E-state index in [1.807, 2.05) is 0 Å². The van der Waals surface area contributed by atoms with Gasteiger partial charge in [-0.1, -0.05) is 332 Å². The zero-order valence-electron chi connectivity index (χ0n) is 70.1. The fourth-order valence-electron chi connectivity index (χ4n) is 18.1. The number of aromatic nitrogens is 5. The molecule has 0 amide bonds. The third kappa shape index (κ3) is 15.0. The van der Waals surface area contributed by atoms with Crippen LogP contribution in [0, 0.1) is 34.6 Å². The van der Waals surface area contributed by atoms with Crippen molar-refractivity contribution >= 4 is 109 Å². The van der Waals surface area contributed by atoms with E-state index in [9.17, 15) is 0 Å². The second-order valence-corrected chi connectivity index (χ2v) is 32.4. The Kier molecular flexibility index (Phi) is 20.9. The van der Waals surface area contributed by atoms with Crippen molar-refractivity contribution in [1.82, 2.24) is 22.8 Å². The van der Waals surface area contributed by atoms with E-state index in [0.717, 1.165) is 0 Å². The van der Waals surface area contributed by atoms with Crippen LogP contribution in [0.1, 0.15) is 27.8 Å². The predicted octanol–water partition coefficient (Wildman–Crippen LogP) is 32.1. The van der Waals surface area contributed by atoms with Crippen molar-refractivity contribution in [3.63, 3.8) is 0 Å². The minimum Gasteiger partial charge on any atom is -0.309 e. The molecule has 5 aromatic heterocycles. The van der Waals surface area contributed by atoms with Crippen LogP contribution in [0.25, 0.3) is 182 Å². The number of hydrogen-bond acceptors (Lipinski definition) is 0. The molecule has 0 spiro atoms. The van der Waals surface area contributed by atoms with Crippen LogP contribution >= 0.6 is 0 Å². The number of aryl methyl sites for hydroxylation is 5. The SMILES string of the molecule is Cc1ccc(-n2c3ccc(-c4ccccc4)cc3c3cc(-c4ccccc4)ccc32)cc1.Cc1ccc(-n2c3ccccc3c3cc(-c4ccccc4)ccc32)cc1.Cc1ccc(-n2c3ccccc3c3ccccc32)cc1.Cc1cccc(-n2c3ccccc3c3cc(-c4ccccc4)ccc32)c1.Cc1cccc(-n2c3ccccc3c3ccccc32)c1. The van der Waals surface area contributed by atoms with Crippen molar-refractivity contribution in [2.45, 2.75) is 34.6 Å². The Balaban J connectivity index is 0.0000000992. The quantitative estimate of drug-likeness (QED) is 0.138. The Hall–Kier alpha value is -15.8. The van der Waals surface area contributed by atoms with Gasteiger partial charge in [0.2, 0.25) is 0 Å². The number of rotatable bonds is 9. The second kappa shape index (κ2) is 33.8. The lowest BCUT2D eigenvalue weighted by molar-refractivity contribution is 1.17. The first-order valence-electron chi connectivity index (χ1n) is 42.8. The largest absolute Gasteiger partial charge is 0.309 e.